The van der Waals surface area contributed by atoms with Gasteiger partial charge in [-0.05, 0) is 63.1 Å². The minimum Gasteiger partial charge on any atom is -0.478 e. The Morgan fingerprint density at radius 2 is 1.34 bits per heavy atom. The molecule has 2 aliphatic heterocycles. The summed E-state index contributed by atoms with van der Waals surface area (Å²) < 4.78 is 5.97. The van der Waals surface area contributed by atoms with Crippen molar-refractivity contribution in [3.63, 3.8) is 0 Å². The normalized spacial score (nSPS) is 17.8. The van der Waals surface area contributed by atoms with Crippen molar-refractivity contribution in [2.45, 2.75) is 45.1 Å². The van der Waals surface area contributed by atoms with Crippen molar-refractivity contribution in [3.05, 3.63) is 41.4 Å². The number of piperazine rings is 1. The quantitative estimate of drug-likeness (QED) is 0.675. The lowest BCUT2D eigenvalue weighted by Gasteiger charge is -2.38. The Morgan fingerprint density at radius 1 is 0.812 bits per heavy atom. The van der Waals surface area contributed by atoms with Gasteiger partial charge in [-0.15, -0.1) is 10.2 Å². The minimum atomic E-state index is -0.954. The Morgan fingerprint density at radius 3 is 1.88 bits per heavy atom. The molecule has 2 aliphatic rings. The van der Waals surface area contributed by atoms with Gasteiger partial charge in [-0.3, -0.25) is 4.79 Å². The van der Waals surface area contributed by atoms with Crippen LogP contribution in [0, 0.1) is 0 Å². The predicted octanol–water partition coefficient (Wildman–Crippen LogP) is 4.02. The molecule has 0 unspecified atom stereocenters. The summed E-state index contributed by atoms with van der Waals surface area (Å²) in [6.45, 7) is 8.43. The maximum absolute atomic E-state index is 13.1. The highest BCUT2D eigenvalue weighted by Crippen LogP contribution is 2.24. The van der Waals surface area contributed by atoms with Crippen LogP contribution in [-0.4, -0.2) is 65.9 Å². The molecule has 8 heteroatoms. The first kappa shape index (κ1) is 22.6. The maximum Gasteiger partial charge on any atom is 0.266 e. The monoisotopic (exact) mass is 457 g/mol. The topological polar surface area (TPSA) is 61.8 Å². The van der Waals surface area contributed by atoms with Crippen LogP contribution in [0.5, 0.6) is 5.75 Å². The average Bonchev–Trinajstić information content (AvgIpc) is 3.10. The number of amides is 1. The van der Waals surface area contributed by atoms with Gasteiger partial charge in [-0.25, -0.2) is 0 Å². The summed E-state index contributed by atoms with van der Waals surface area (Å²) >= 11 is 5.94. The molecule has 3 heterocycles. The molecule has 1 aromatic heterocycles. The third kappa shape index (κ3) is 5.44. The molecule has 0 N–H and O–H groups in total. The Kier molecular flexibility index (Phi) is 7.04. The molecule has 172 valence electrons. The van der Waals surface area contributed by atoms with Gasteiger partial charge in [0.2, 0.25) is 0 Å². The zero-order chi connectivity index (χ0) is 22.6. The van der Waals surface area contributed by atoms with Gasteiger partial charge in [0.25, 0.3) is 5.91 Å². The van der Waals surface area contributed by atoms with Crippen molar-refractivity contribution >= 4 is 29.1 Å². The lowest BCUT2D eigenvalue weighted by molar-refractivity contribution is -0.145. The molecule has 0 saturated carbocycles. The number of anilines is 2. The van der Waals surface area contributed by atoms with Crippen LogP contribution < -0.4 is 14.5 Å². The van der Waals surface area contributed by atoms with E-state index in [-0.39, 0.29) is 5.91 Å². The van der Waals surface area contributed by atoms with Gasteiger partial charge in [-0.2, -0.15) is 0 Å². The SMILES string of the molecule is CC(C)(Oc1ccc(Cl)cc1)C(=O)N1CCN(c2ccc(N3CCCCCC3)nn2)CC1. The summed E-state index contributed by atoms with van der Waals surface area (Å²) in [5.74, 6) is 2.44. The maximum atomic E-state index is 13.1. The Labute approximate surface area is 195 Å². The van der Waals surface area contributed by atoms with Crippen LogP contribution >= 0.6 is 11.6 Å². The number of hydrogen-bond acceptors (Lipinski definition) is 6. The molecule has 0 aliphatic carbocycles. The lowest BCUT2D eigenvalue weighted by Crippen LogP contribution is -2.56. The van der Waals surface area contributed by atoms with E-state index in [0.717, 1.165) is 37.8 Å². The van der Waals surface area contributed by atoms with Crippen LogP contribution in [0.15, 0.2) is 36.4 Å². The molecule has 4 rings (SSSR count). The van der Waals surface area contributed by atoms with Crippen molar-refractivity contribution < 1.29 is 9.53 Å². The zero-order valence-corrected chi connectivity index (χ0v) is 19.7. The first-order valence-corrected chi connectivity index (χ1v) is 11.9. The summed E-state index contributed by atoms with van der Waals surface area (Å²) in [4.78, 5) is 19.5. The van der Waals surface area contributed by atoms with E-state index in [9.17, 15) is 4.79 Å². The fourth-order valence-electron chi connectivity index (χ4n) is 4.32. The van der Waals surface area contributed by atoms with Gasteiger partial charge in [0, 0.05) is 44.3 Å². The molecular formula is C24H32ClN5O2. The van der Waals surface area contributed by atoms with Gasteiger partial charge in [0.1, 0.15) is 5.75 Å². The van der Waals surface area contributed by atoms with Crippen LogP contribution in [0.25, 0.3) is 0 Å². The van der Waals surface area contributed by atoms with Gasteiger partial charge in [0.05, 0.1) is 0 Å². The smallest absolute Gasteiger partial charge is 0.266 e. The van der Waals surface area contributed by atoms with E-state index < -0.39 is 5.60 Å². The number of carbonyl (C=O) groups is 1. The van der Waals surface area contributed by atoms with E-state index >= 15 is 0 Å². The second-order valence-electron chi connectivity index (χ2n) is 9.00. The fraction of sp³-hybridized carbons (Fsp3) is 0.542. The van der Waals surface area contributed by atoms with Crippen molar-refractivity contribution in [3.8, 4) is 5.75 Å². The number of nitrogens with zero attached hydrogens (tertiary/aromatic N) is 5. The molecule has 0 atom stereocenters. The summed E-state index contributed by atoms with van der Waals surface area (Å²) in [6.07, 6.45) is 5.04. The molecule has 2 fully saturated rings. The first-order valence-electron chi connectivity index (χ1n) is 11.5. The Hall–Kier alpha value is -2.54. The number of ether oxygens (including phenoxy) is 1. The molecule has 1 amide bonds. The zero-order valence-electron chi connectivity index (χ0n) is 19.0. The molecule has 0 radical (unpaired) electrons. The van der Waals surface area contributed by atoms with Crippen molar-refractivity contribution in [2.24, 2.45) is 0 Å². The first-order chi connectivity index (χ1) is 15.4. The van der Waals surface area contributed by atoms with Crippen LogP contribution in [-0.2, 0) is 4.79 Å². The van der Waals surface area contributed by atoms with E-state index in [1.165, 1.54) is 25.7 Å². The lowest BCUT2D eigenvalue weighted by atomic mass is 10.1. The third-order valence-corrected chi connectivity index (χ3v) is 6.41. The number of rotatable bonds is 5. The molecule has 2 saturated heterocycles. The van der Waals surface area contributed by atoms with E-state index in [0.29, 0.717) is 23.9 Å². The van der Waals surface area contributed by atoms with Crippen LogP contribution in [0.4, 0.5) is 11.6 Å². The summed E-state index contributed by atoms with van der Waals surface area (Å²) in [6, 6.07) is 11.2. The standard InChI is InChI=1S/C24H32ClN5O2/c1-24(2,32-20-9-7-19(25)8-10-20)23(31)30-17-15-29(16-18-30)22-12-11-21(26-27-22)28-13-5-3-4-6-14-28/h7-12H,3-6,13-18H2,1-2H3. The predicted molar refractivity (Wildman–Crippen MR) is 128 cm³/mol. The third-order valence-electron chi connectivity index (χ3n) is 6.16. The number of carbonyl (C=O) groups excluding carboxylic acids is 1. The van der Waals surface area contributed by atoms with Crippen molar-refractivity contribution in [1.29, 1.82) is 0 Å². The average molecular weight is 458 g/mol. The van der Waals surface area contributed by atoms with Gasteiger partial charge >= 0.3 is 0 Å². The van der Waals surface area contributed by atoms with E-state index in [1.807, 2.05) is 18.7 Å². The highest BCUT2D eigenvalue weighted by molar-refractivity contribution is 6.30. The summed E-state index contributed by atoms with van der Waals surface area (Å²) in [7, 11) is 0. The second-order valence-corrected chi connectivity index (χ2v) is 9.43. The minimum absolute atomic E-state index is 0.0188. The van der Waals surface area contributed by atoms with Gasteiger partial charge < -0.3 is 19.4 Å². The van der Waals surface area contributed by atoms with Gasteiger partial charge in [-0.1, -0.05) is 24.4 Å². The number of halogens is 1. The highest BCUT2D eigenvalue weighted by atomic mass is 35.5. The van der Waals surface area contributed by atoms with Crippen LogP contribution in [0.1, 0.15) is 39.5 Å². The summed E-state index contributed by atoms with van der Waals surface area (Å²) in [5.41, 5.74) is -0.954. The van der Waals surface area contributed by atoms with Crippen LogP contribution in [0.3, 0.4) is 0 Å². The summed E-state index contributed by atoms with van der Waals surface area (Å²) in [5, 5.41) is 9.61. The molecule has 0 bridgehead atoms. The molecule has 2 aromatic rings. The number of benzene rings is 1. The van der Waals surface area contributed by atoms with Crippen molar-refractivity contribution in [2.75, 3.05) is 49.1 Å². The molecule has 7 nitrogen and oxygen atoms in total. The molecular weight excluding hydrogens is 426 g/mol. The van der Waals surface area contributed by atoms with E-state index in [4.69, 9.17) is 16.3 Å². The van der Waals surface area contributed by atoms with E-state index in [2.05, 4.69) is 32.1 Å². The highest BCUT2D eigenvalue weighted by Gasteiger charge is 2.36. The Bertz CT molecular complexity index is 888. The number of aromatic nitrogens is 2. The molecule has 1 aromatic carbocycles. The molecule has 32 heavy (non-hydrogen) atoms. The Balaban J connectivity index is 1.32. The van der Waals surface area contributed by atoms with E-state index in [1.54, 1.807) is 24.3 Å². The fourth-order valence-corrected chi connectivity index (χ4v) is 4.44. The molecule has 0 spiro atoms. The van der Waals surface area contributed by atoms with Crippen molar-refractivity contribution in [1.82, 2.24) is 15.1 Å². The number of hydrogen-bond donors (Lipinski definition) is 0. The second kappa shape index (κ2) is 9.94. The van der Waals surface area contributed by atoms with Crippen LogP contribution in [0.2, 0.25) is 5.02 Å². The largest absolute Gasteiger partial charge is 0.478 e. The van der Waals surface area contributed by atoms with Gasteiger partial charge in [0.15, 0.2) is 17.2 Å².